The van der Waals surface area contributed by atoms with Gasteiger partial charge in [0.25, 0.3) is 0 Å². The standard InChI is InChI=1S/C21H27N3O2S/c1-26-18-8-6-17(7-9-18)22-11-13-23(14-12-22)21(25)16-24-10-2-4-19(24)20-5-3-15-27-20/h3,5-9,15,19H,2,4,10-14,16H2,1H3/t19-/m1/s1. The molecule has 2 saturated heterocycles. The average Bonchev–Trinajstić information content (AvgIpc) is 3.40. The summed E-state index contributed by atoms with van der Waals surface area (Å²) in [6.45, 7) is 4.93. The minimum absolute atomic E-state index is 0.271. The largest absolute Gasteiger partial charge is 0.497 e. The number of nitrogens with zero attached hydrogens (tertiary/aromatic N) is 3. The molecule has 0 saturated carbocycles. The Balaban J connectivity index is 1.30. The van der Waals surface area contributed by atoms with Crippen molar-refractivity contribution in [2.45, 2.75) is 18.9 Å². The maximum absolute atomic E-state index is 12.8. The summed E-state index contributed by atoms with van der Waals surface area (Å²) in [6.07, 6.45) is 2.35. The molecule has 1 aromatic carbocycles. The van der Waals surface area contributed by atoms with Crippen LogP contribution in [0.1, 0.15) is 23.8 Å². The fourth-order valence-electron chi connectivity index (χ4n) is 4.10. The van der Waals surface area contributed by atoms with Crippen molar-refractivity contribution in [1.82, 2.24) is 9.80 Å². The van der Waals surface area contributed by atoms with Crippen LogP contribution in [0.5, 0.6) is 5.75 Å². The smallest absolute Gasteiger partial charge is 0.236 e. The molecule has 1 atom stereocenters. The number of benzene rings is 1. The van der Waals surface area contributed by atoms with Gasteiger partial charge in [-0.3, -0.25) is 9.69 Å². The van der Waals surface area contributed by atoms with E-state index in [0.717, 1.165) is 38.5 Å². The summed E-state index contributed by atoms with van der Waals surface area (Å²) in [5.41, 5.74) is 1.19. The topological polar surface area (TPSA) is 36.0 Å². The molecule has 6 heteroatoms. The lowest BCUT2D eigenvalue weighted by Gasteiger charge is -2.37. The van der Waals surface area contributed by atoms with Crippen molar-refractivity contribution in [1.29, 1.82) is 0 Å². The lowest BCUT2D eigenvalue weighted by molar-refractivity contribution is -0.133. The Kier molecular flexibility index (Phi) is 5.64. The van der Waals surface area contributed by atoms with Crippen LogP contribution in [-0.4, -0.2) is 62.1 Å². The zero-order valence-electron chi connectivity index (χ0n) is 15.8. The highest BCUT2D eigenvalue weighted by Gasteiger charge is 2.30. The normalized spacial score (nSPS) is 20.9. The van der Waals surface area contributed by atoms with Crippen molar-refractivity contribution in [2.75, 3.05) is 51.3 Å². The van der Waals surface area contributed by atoms with E-state index >= 15 is 0 Å². The molecule has 4 rings (SSSR count). The second kappa shape index (κ2) is 8.31. The molecule has 0 unspecified atom stereocenters. The van der Waals surface area contributed by atoms with Crippen LogP contribution in [-0.2, 0) is 4.79 Å². The van der Waals surface area contributed by atoms with E-state index in [1.807, 2.05) is 17.0 Å². The van der Waals surface area contributed by atoms with Crippen molar-refractivity contribution in [2.24, 2.45) is 0 Å². The van der Waals surface area contributed by atoms with Gasteiger partial charge in [-0.15, -0.1) is 11.3 Å². The number of amides is 1. The Morgan fingerprint density at radius 2 is 1.89 bits per heavy atom. The van der Waals surface area contributed by atoms with Crippen LogP contribution in [0.25, 0.3) is 0 Å². The summed E-state index contributed by atoms with van der Waals surface area (Å²) < 4.78 is 5.23. The van der Waals surface area contributed by atoms with Gasteiger partial charge in [-0.05, 0) is 55.1 Å². The summed E-state index contributed by atoms with van der Waals surface area (Å²) in [7, 11) is 1.68. The van der Waals surface area contributed by atoms with E-state index in [1.54, 1.807) is 18.4 Å². The minimum atomic E-state index is 0.271. The van der Waals surface area contributed by atoms with Crippen LogP contribution in [0.2, 0.25) is 0 Å². The van der Waals surface area contributed by atoms with Crippen LogP contribution >= 0.6 is 11.3 Å². The highest BCUT2D eigenvalue weighted by Crippen LogP contribution is 2.34. The number of thiophene rings is 1. The van der Waals surface area contributed by atoms with Gasteiger partial charge in [-0.1, -0.05) is 6.07 Å². The highest BCUT2D eigenvalue weighted by molar-refractivity contribution is 7.10. The molecular weight excluding hydrogens is 358 g/mol. The molecular formula is C21H27N3O2S. The first kappa shape index (κ1) is 18.3. The van der Waals surface area contributed by atoms with Gasteiger partial charge in [0.2, 0.25) is 5.91 Å². The van der Waals surface area contributed by atoms with Gasteiger partial charge >= 0.3 is 0 Å². The van der Waals surface area contributed by atoms with Crippen molar-refractivity contribution < 1.29 is 9.53 Å². The van der Waals surface area contributed by atoms with E-state index in [1.165, 1.54) is 23.4 Å². The first-order chi connectivity index (χ1) is 13.2. The zero-order chi connectivity index (χ0) is 18.6. The number of piperazine rings is 1. The van der Waals surface area contributed by atoms with Gasteiger partial charge in [0.1, 0.15) is 5.75 Å². The monoisotopic (exact) mass is 385 g/mol. The fraction of sp³-hybridized carbons (Fsp3) is 0.476. The molecule has 144 valence electrons. The van der Waals surface area contributed by atoms with Crippen molar-refractivity contribution in [3.8, 4) is 5.75 Å². The van der Waals surface area contributed by atoms with Crippen LogP contribution in [0.3, 0.4) is 0 Å². The van der Waals surface area contributed by atoms with Gasteiger partial charge in [0, 0.05) is 42.8 Å². The minimum Gasteiger partial charge on any atom is -0.497 e. The number of ether oxygens (including phenoxy) is 1. The molecule has 2 aliphatic rings. The van der Waals surface area contributed by atoms with E-state index in [2.05, 4.69) is 39.4 Å². The first-order valence-electron chi connectivity index (χ1n) is 9.69. The van der Waals surface area contributed by atoms with E-state index in [9.17, 15) is 4.79 Å². The van der Waals surface area contributed by atoms with Gasteiger partial charge in [-0.25, -0.2) is 0 Å². The maximum Gasteiger partial charge on any atom is 0.236 e. The first-order valence-corrected chi connectivity index (χ1v) is 10.6. The lowest BCUT2D eigenvalue weighted by atomic mass is 10.2. The van der Waals surface area contributed by atoms with Crippen LogP contribution in [0, 0.1) is 0 Å². The average molecular weight is 386 g/mol. The van der Waals surface area contributed by atoms with E-state index in [4.69, 9.17) is 4.74 Å². The van der Waals surface area contributed by atoms with Crippen molar-refractivity contribution >= 4 is 22.9 Å². The summed E-state index contributed by atoms with van der Waals surface area (Å²) >= 11 is 1.80. The fourth-order valence-corrected chi connectivity index (χ4v) is 4.99. The number of carbonyl (C=O) groups is 1. The van der Waals surface area contributed by atoms with Crippen LogP contribution < -0.4 is 9.64 Å². The van der Waals surface area contributed by atoms with Gasteiger partial charge in [-0.2, -0.15) is 0 Å². The molecule has 2 fully saturated rings. The molecule has 5 nitrogen and oxygen atoms in total. The van der Waals surface area contributed by atoms with Crippen molar-refractivity contribution in [3.05, 3.63) is 46.7 Å². The van der Waals surface area contributed by atoms with Gasteiger partial charge in [0.05, 0.1) is 13.7 Å². The molecule has 1 amide bonds. The Morgan fingerprint density at radius 3 is 2.56 bits per heavy atom. The number of anilines is 1. The van der Waals surface area contributed by atoms with E-state index in [-0.39, 0.29) is 5.91 Å². The summed E-state index contributed by atoms with van der Waals surface area (Å²) in [6, 6.07) is 12.9. The SMILES string of the molecule is COc1ccc(N2CCN(C(=O)CN3CCC[C@@H]3c3cccs3)CC2)cc1. The molecule has 27 heavy (non-hydrogen) atoms. The number of rotatable bonds is 5. The van der Waals surface area contributed by atoms with Crippen LogP contribution in [0.4, 0.5) is 5.69 Å². The Labute approximate surface area is 165 Å². The Bertz CT molecular complexity index is 739. The number of methoxy groups -OCH3 is 1. The lowest BCUT2D eigenvalue weighted by Crippen LogP contribution is -2.51. The highest BCUT2D eigenvalue weighted by atomic mass is 32.1. The Hall–Kier alpha value is -2.05. The third-order valence-electron chi connectivity index (χ3n) is 5.64. The molecule has 2 aliphatic heterocycles. The molecule has 0 bridgehead atoms. The molecule has 0 aliphatic carbocycles. The molecule has 0 N–H and O–H groups in total. The van der Waals surface area contributed by atoms with E-state index in [0.29, 0.717) is 12.6 Å². The third kappa shape index (κ3) is 4.12. The summed E-state index contributed by atoms with van der Waals surface area (Å²) in [4.78, 5) is 21.0. The Morgan fingerprint density at radius 1 is 1.11 bits per heavy atom. The second-order valence-electron chi connectivity index (χ2n) is 7.21. The molecule has 0 radical (unpaired) electrons. The van der Waals surface area contributed by atoms with Gasteiger partial charge < -0.3 is 14.5 Å². The molecule has 2 aromatic rings. The predicted molar refractivity (Wildman–Crippen MR) is 110 cm³/mol. The molecule has 1 aromatic heterocycles. The summed E-state index contributed by atoms with van der Waals surface area (Å²) in [5.74, 6) is 1.14. The number of likely N-dealkylation sites (tertiary alicyclic amines) is 1. The number of hydrogen-bond acceptors (Lipinski definition) is 5. The molecule has 3 heterocycles. The molecule has 0 spiro atoms. The quantitative estimate of drug-likeness (QED) is 0.792. The van der Waals surface area contributed by atoms with Crippen LogP contribution in [0.15, 0.2) is 41.8 Å². The zero-order valence-corrected chi connectivity index (χ0v) is 16.7. The van der Waals surface area contributed by atoms with Crippen molar-refractivity contribution in [3.63, 3.8) is 0 Å². The predicted octanol–water partition coefficient (Wildman–Crippen LogP) is 3.24. The summed E-state index contributed by atoms with van der Waals surface area (Å²) in [5, 5.41) is 2.13. The van der Waals surface area contributed by atoms with E-state index < -0.39 is 0 Å². The second-order valence-corrected chi connectivity index (χ2v) is 8.19. The number of hydrogen-bond donors (Lipinski definition) is 0. The third-order valence-corrected chi connectivity index (χ3v) is 6.62. The van der Waals surface area contributed by atoms with Gasteiger partial charge in [0.15, 0.2) is 0 Å². The number of carbonyl (C=O) groups excluding carboxylic acids is 1. The maximum atomic E-state index is 12.8.